The second-order valence-electron chi connectivity index (χ2n) is 4.09. The number of benzene rings is 1. The molecule has 0 radical (unpaired) electrons. The van der Waals surface area contributed by atoms with E-state index in [9.17, 15) is 4.39 Å². The largest absolute Gasteiger partial charge is 0.437 e. The van der Waals surface area contributed by atoms with Crippen molar-refractivity contribution < 1.29 is 8.81 Å². The highest BCUT2D eigenvalue weighted by molar-refractivity contribution is 6.35. The van der Waals surface area contributed by atoms with E-state index in [-0.39, 0.29) is 15.9 Å². The molecule has 0 saturated carbocycles. The lowest BCUT2D eigenvalue weighted by atomic mass is 10.2. The summed E-state index contributed by atoms with van der Waals surface area (Å²) in [5.41, 5.74) is 7.42. The third-order valence-electron chi connectivity index (χ3n) is 2.70. The SMILES string of the molecule is C=Cc1c(C=NC)oc(N)c1Nc1cc(Cl)c(F)c(Cl)c1. The van der Waals surface area contributed by atoms with Crippen LogP contribution in [-0.2, 0) is 0 Å². The molecule has 0 fully saturated rings. The number of halogens is 3. The summed E-state index contributed by atoms with van der Waals surface area (Å²) in [5, 5.41) is 2.80. The summed E-state index contributed by atoms with van der Waals surface area (Å²) >= 11 is 11.5. The predicted molar refractivity (Wildman–Crippen MR) is 86.4 cm³/mol. The van der Waals surface area contributed by atoms with Crippen LogP contribution in [0.25, 0.3) is 6.08 Å². The van der Waals surface area contributed by atoms with Gasteiger partial charge in [-0.05, 0) is 12.1 Å². The van der Waals surface area contributed by atoms with Gasteiger partial charge in [-0.1, -0.05) is 35.9 Å². The van der Waals surface area contributed by atoms with Gasteiger partial charge in [-0.25, -0.2) is 4.39 Å². The number of nitrogens with one attached hydrogen (secondary N) is 1. The molecule has 0 aliphatic heterocycles. The number of nitrogen functional groups attached to an aromatic ring is 1. The van der Waals surface area contributed by atoms with E-state index >= 15 is 0 Å². The summed E-state index contributed by atoms with van der Waals surface area (Å²) in [4.78, 5) is 3.87. The van der Waals surface area contributed by atoms with E-state index in [2.05, 4.69) is 16.9 Å². The number of aliphatic imine (C=N–C) groups is 1. The van der Waals surface area contributed by atoms with Gasteiger partial charge in [-0.2, -0.15) is 0 Å². The number of nitrogens with two attached hydrogens (primary N) is 1. The average Bonchev–Trinajstić information content (AvgIpc) is 2.72. The normalized spacial score (nSPS) is 11.0. The Bertz CT molecular complexity index is 702. The Kier molecular flexibility index (Phi) is 4.55. The lowest BCUT2D eigenvalue weighted by Crippen LogP contribution is -1.96. The van der Waals surface area contributed by atoms with Crippen LogP contribution in [-0.4, -0.2) is 13.3 Å². The third-order valence-corrected chi connectivity index (χ3v) is 3.25. The Morgan fingerprint density at radius 3 is 2.52 bits per heavy atom. The molecule has 21 heavy (non-hydrogen) atoms. The molecule has 2 rings (SSSR count). The molecule has 0 bridgehead atoms. The van der Waals surface area contributed by atoms with Crippen molar-refractivity contribution in [1.29, 1.82) is 0 Å². The highest BCUT2D eigenvalue weighted by atomic mass is 35.5. The Balaban J connectivity index is 2.47. The molecule has 0 amide bonds. The van der Waals surface area contributed by atoms with Crippen molar-refractivity contribution in [2.75, 3.05) is 18.1 Å². The minimum atomic E-state index is -0.674. The van der Waals surface area contributed by atoms with Gasteiger partial charge in [0.25, 0.3) is 0 Å². The maximum Gasteiger partial charge on any atom is 0.215 e. The van der Waals surface area contributed by atoms with E-state index < -0.39 is 5.82 Å². The summed E-state index contributed by atoms with van der Waals surface area (Å²) in [6.07, 6.45) is 3.09. The number of nitrogens with zero attached hydrogens (tertiary/aromatic N) is 1. The van der Waals surface area contributed by atoms with E-state index in [4.69, 9.17) is 33.4 Å². The predicted octanol–water partition coefficient (Wildman–Crippen LogP) is 4.74. The zero-order valence-corrected chi connectivity index (χ0v) is 12.6. The maximum absolute atomic E-state index is 13.4. The van der Waals surface area contributed by atoms with Crippen molar-refractivity contribution in [3.8, 4) is 0 Å². The highest BCUT2D eigenvalue weighted by Gasteiger charge is 2.16. The van der Waals surface area contributed by atoms with Crippen molar-refractivity contribution in [1.82, 2.24) is 0 Å². The topological polar surface area (TPSA) is 63.5 Å². The third kappa shape index (κ3) is 3.04. The number of furan rings is 1. The molecular formula is C14H12Cl2FN3O. The van der Waals surface area contributed by atoms with Crippen LogP contribution in [0.3, 0.4) is 0 Å². The van der Waals surface area contributed by atoms with Crippen molar-refractivity contribution >= 4 is 52.8 Å². The van der Waals surface area contributed by atoms with Crippen LogP contribution in [0.5, 0.6) is 0 Å². The number of anilines is 3. The number of hydrogen-bond donors (Lipinski definition) is 2. The van der Waals surface area contributed by atoms with Gasteiger partial charge in [0.1, 0.15) is 5.69 Å². The lowest BCUT2D eigenvalue weighted by Gasteiger charge is -2.08. The average molecular weight is 328 g/mol. The van der Waals surface area contributed by atoms with Crippen LogP contribution in [0.4, 0.5) is 21.6 Å². The molecule has 0 unspecified atom stereocenters. The fourth-order valence-corrected chi connectivity index (χ4v) is 2.28. The van der Waals surface area contributed by atoms with E-state index in [1.807, 2.05) is 0 Å². The Hall–Kier alpha value is -1.98. The van der Waals surface area contributed by atoms with E-state index in [0.717, 1.165) is 0 Å². The van der Waals surface area contributed by atoms with Crippen LogP contribution in [0, 0.1) is 5.82 Å². The smallest absolute Gasteiger partial charge is 0.215 e. The zero-order chi connectivity index (χ0) is 15.6. The van der Waals surface area contributed by atoms with E-state index in [1.165, 1.54) is 18.3 Å². The van der Waals surface area contributed by atoms with Gasteiger partial charge in [0.15, 0.2) is 11.6 Å². The first-order valence-electron chi connectivity index (χ1n) is 5.86. The molecule has 1 aromatic heterocycles. The Morgan fingerprint density at radius 1 is 1.38 bits per heavy atom. The molecule has 0 aliphatic carbocycles. The molecule has 3 N–H and O–H groups in total. The van der Waals surface area contributed by atoms with Crippen LogP contribution < -0.4 is 11.1 Å². The first kappa shape index (κ1) is 15.4. The number of hydrogen-bond acceptors (Lipinski definition) is 4. The Morgan fingerprint density at radius 2 is 2.00 bits per heavy atom. The van der Waals surface area contributed by atoms with Gasteiger partial charge in [0.2, 0.25) is 5.88 Å². The maximum atomic E-state index is 13.4. The second kappa shape index (κ2) is 6.20. The van der Waals surface area contributed by atoms with Crippen molar-refractivity contribution in [3.63, 3.8) is 0 Å². The second-order valence-corrected chi connectivity index (χ2v) is 4.90. The fraction of sp³-hybridized carbons (Fsp3) is 0.0714. The first-order chi connectivity index (χ1) is 9.97. The summed E-state index contributed by atoms with van der Waals surface area (Å²) < 4.78 is 18.8. The quantitative estimate of drug-likeness (QED) is 0.629. The molecule has 0 saturated heterocycles. The molecular weight excluding hydrogens is 316 g/mol. The van der Waals surface area contributed by atoms with E-state index in [0.29, 0.717) is 22.7 Å². The standard InChI is InChI=1S/C14H12Cl2FN3O/c1-3-8-11(6-19-2)21-14(18)13(8)20-7-4-9(15)12(17)10(16)5-7/h3-6,20H,1,18H2,2H3. The molecule has 0 aliphatic rings. The molecule has 4 nitrogen and oxygen atoms in total. The van der Waals surface area contributed by atoms with Gasteiger partial charge in [0, 0.05) is 18.3 Å². The van der Waals surface area contributed by atoms with Gasteiger partial charge in [-0.15, -0.1) is 0 Å². The van der Waals surface area contributed by atoms with Crippen molar-refractivity contribution in [3.05, 3.63) is 45.9 Å². The molecule has 0 atom stereocenters. The van der Waals surface area contributed by atoms with Crippen LogP contribution in [0.1, 0.15) is 11.3 Å². The highest BCUT2D eigenvalue weighted by Crippen LogP contribution is 2.35. The molecule has 110 valence electrons. The fourth-order valence-electron chi connectivity index (χ4n) is 1.80. The summed E-state index contributed by atoms with van der Waals surface area (Å²) in [7, 11) is 1.61. The van der Waals surface area contributed by atoms with Gasteiger partial charge in [-0.3, -0.25) is 4.99 Å². The summed E-state index contributed by atoms with van der Waals surface area (Å²) in [6.45, 7) is 3.71. The summed E-state index contributed by atoms with van der Waals surface area (Å²) in [5.74, 6) is -0.0602. The monoisotopic (exact) mass is 327 g/mol. The van der Waals surface area contributed by atoms with Gasteiger partial charge < -0.3 is 15.5 Å². The molecule has 7 heteroatoms. The van der Waals surface area contributed by atoms with Crippen molar-refractivity contribution in [2.45, 2.75) is 0 Å². The first-order valence-corrected chi connectivity index (χ1v) is 6.62. The molecule has 1 aromatic carbocycles. The molecule has 1 heterocycles. The lowest BCUT2D eigenvalue weighted by molar-refractivity contribution is 0.580. The van der Waals surface area contributed by atoms with Crippen molar-refractivity contribution in [2.24, 2.45) is 4.99 Å². The van der Waals surface area contributed by atoms with Gasteiger partial charge >= 0.3 is 0 Å². The molecule has 0 spiro atoms. The zero-order valence-electron chi connectivity index (χ0n) is 11.1. The van der Waals surface area contributed by atoms with Crippen LogP contribution in [0.2, 0.25) is 10.0 Å². The van der Waals surface area contributed by atoms with Crippen LogP contribution >= 0.6 is 23.2 Å². The minimum absolute atomic E-state index is 0.0948. The van der Waals surface area contributed by atoms with E-state index in [1.54, 1.807) is 13.1 Å². The Labute approximate surface area is 131 Å². The summed E-state index contributed by atoms with van der Waals surface area (Å²) in [6, 6.07) is 2.80. The minimum Gasteiger partial charge on any atom is -0.437 e. The van der Waals surface area contributed by atoms with Crippen LogP contribution in [0.15, 0.2) is 28.1 Å². The number of rotatable bonds is 4. The van der Waals surface area contributed by atoms with Gasteiger partial charge in [0.05, 0.1) is 16.3 Å². The molecule has 2 aromatic rings.